The van der Waals surface area contributed by atoms with Gasteiger partial charge in [-0.25, -0.2) is 4.39 Å². The van der Waals surface area contributed by atoms with Gasteiger partial charge in [-0.05, 0) is 6.42 Å². The van der Waals surface area contributed by atoms with E-state index in [1.165, 1.54) is 0 Å². The van der Waals surface area contributed by atoms with Crippen molar-refractivity contribution in [2.24, 2.45) is 0 Å². The van der Waals surface area contributed by atoms with Crippen molar-refractivity contribution in [2.75, 3.05) is 32.8 Å². The zero-order valence-corrected chi connectivity index (χ0v) is 21.2. The molecule has 0 spiro atoms. The number of carbonyl (C=O) groups excluding carboxylic acids is 3. The summed E-state index contributed by atoms with van der Waals surface area (Å²) in [7, 11) is 0. The summed E-state index contributed by atoms with van der Waals surface area (Å²) in [5.74, 6) is -8.76. The summed E-state index contributed by atoms with van der Waals surface area (Å²) in [6.45, 7) is 3.61. The first-order valence-corrected chi connectivity index (χ1v) is 12.3. The van der Waals surface area contributed by atoms with Crippen LogP contribution in [0.4, 0.5) is 4.39 Å². The van der Waals surface area contributed by atoms with Crippen molar-refractivity contribution in [3.63, 3.8) is 0 Å². The van der Waals surface area contributed by atoms with Crippen molar-refractivity contribution in [2.45, 2.75) is 32.0 Å². The van der Waals surface area contributed by atoms with Gasteiger partial charge in [0.15, 0.2) is 28.9 Å². The number of hydrogen-bond donors (Lipinski definition) is 8. The first-order chi connectivity index (χ1) is 18.9. The molecule has 0 saturated carbocycles. The van der Waals surface area contributed by atoms with Crippen LogP contribution in [0.25, 0.3) is 0 Å². The van der Waals surface area contributed by atoms with Gasteiger partial charge in [0.2, 0.25) is 17.6 Å². The Morgan fingerprint density at radius 3 is 2.33 bits per heavy atom. The van der Waals surface area contributed by atoms with E-state index in [-0.39, 0.29) is 30.5 Å². The maximum absolute atomic E-state index is 15.5. The molecule has 0 aliphatic carbocycles. The molecule has 3 amide bonds. The lowest BCUT2D eigenvalue weighted by Gasteiger charge is -2.28. The highest BCUT2D eigenvalue weighted by molar-refractivity contribution is 6.07. The van der Waals surface area contributed by atoms with Crippen molar-refractivity contribution in [3.8, 4) is 17.2 Å². The maximum atomic E-state index is 15.5. The summed E-state index contributed by atoms with van der Waals surface area (Å²) in [5.41, 5.74) is -1.69. The molecule has 14 nitrogen and oxygen atoms in total. The molecular formula is C25H29FN4O10. The van der Waals surface area contributed by atoms with E-state index in [0.29, 0.717) is 26.3 Å². The van der Waals surface area contributed by atoms with Crippen LogP contribution in [0.2, 0.25) is 0 Å². The quantitative estimate of drug-likeness (QED) is 0.0963. The predicted octanol–water partition coefficient (Wildman–Crippen LogP) is 0.165. The lowest BCUT2D eigenvalue weighted by molar-refractivity contribution is -0.142. The van der Waals surface area contributed by atoms with Crippen LogP contribution >= 0.6 is 0 Å². The van der Waals surface area contributed by atoms with Gasteiger partial charge in [-0.1, -0.05) is 6.58 Å². The number of morpholine rings is 1. The van der Waals surface area contributed by atoms with Crippen molar-refractivity contribution < 1.29 is 54.2 Å². The molecule has 216 valence electrons. The number of amides is 3. The van der Waals surface area contributed by atoms with Crippen LogP contribution in [0.3, 0.4) is 0 Å². The third-order valence-electron chi connectivity index (χ3n) is 6.96. The Kier molecular flexibility index (Phi) is 8.06. The number of phenolic OH excluding ortho intramolecular Hbond substituents is 3. The minimum atomic E-state index is -1.12. The number of rotatable bonds is 7. The van der Waals surface area contributed by atoms with Gasteiger partial charge in [-0.3, -0.25) is 24.6 Å². The predicted molar refractivity (Wildman–Crippen MR) is 133 cm³/mol. The molecule has 1 unspecified atom stereocenters. The number of hydrogen-bond acceptors (Lipinski definition) is 12. The number of aliphatic hydroxyl groups excluding tert-OH is 3. The number of nitrogens with zero attached hydrogens (tertiary/aromatic N) is 2. The Labute approximate surface area is 226 Å². The molecule has 15 heteroatoms. The van der Waals surface area contributed by atoms with Crippen LogP contribution in [-0.2, 0) is 32.2 Å². The largest absolute Gasteiger partial charge is 0.505 e. The first-order valence-electron chi connectivity index (χ1n) is 12.3. The Hall–Kier alpha value is -4.50. The van der Waals surface area contributed by atoms with Crippen LogP contribution < -0.4 is 10.6 Å². The summed E-state index contributed by atoms with van der Waals surface area (Å²) in [4.78, 5) is 39.8. The molecule has 3 heterocycles. The zero-order valence-electron chi connectivity index (χ0n) is 21.2. The second kappa shape index (κ2) is 11.3. The standard InChI is InChI=1S/C25H29FN4O10/c1-11(31)19(33)17-13(10-30(25(17)39)15-2-3-16(32)28-24(15)38)23(37)27-8-12-18(26)14(21(35)22(36)20(12)34)9-29-4-6-40-7-5-29/h15,27,31,33-37H,1-10H2,(H,28,32,38)/b19-17-,23-13-. The molecule has 3 fully saturated rings. The average Bonchev–Trinajstić information content (AvgIpc) is 3.26. The van der Waals surface area contributed by atoms with Gasteiger partial charge in [0.05, 0.1) is 30.9 Å². The number of aliphatic hydroxyl groups is 3. The van der Waals surface area contributed by atoms with Gasteiger partial charge in [0, 0.05) is 43.7 Å². The van der Waals surface area contributed by atoms with E-state index in [0.717, 1.165) is 4.90 Å². The second-order valence-corrected chi connectivity index (χ2v) is 9.46. The highest BCUT2D eigenvalue weighted by atomic mass is 19.1. The Morgan fingerprint density at radius 1 is 1.05 bits per heavy atom. The number of carbonyl (C=O) groups is 3. The number of phenols is 3. The van der Waals surface area contributed by atoms with Crippen molar-refractivity contribution in [3.05, 3.63) is 52.1 Å². The number of halogens is 1. The monoisotopic (exact) mass is 564 g/mol. The topological polar surface area (TPSA) is 212 Å². The number of imide groups is 1. The Balaban J connectivity index is 1.65. The summed E-state index contributed by atoms with van der Waals surface area (Å²) in [6, 6.07) is -1.12. The molecule has 4 rings (SSSR count). The fourth-order valence-corrected chi connectivity index (χ4v) is 4.76. The van der Waals surface area contributed by atoms with Gasteiger partial charge in [-0.2, -0.15) is 0 Å². The molecule has 0 radical (unpaired) electrons. The van der Waals surface area contributed by atoms with E-state index in [1.54, 1.807) is 4.90 Å². The normalized spacial score (nSPS) is 22.8. The molecule has 0 aromatic heterocycles. The number of likely N-dealkylation sites (tertiary alicyclic amines) is 1. The second-order valence-electron chi connectivity index (χ2n) is 9.46. The van der Waals surface area contributed by atoms with Crippen LogP contribution in [0.15, 0.2) is 35.1 Å². The number of piperidine rings is 1. The van der Waals surface area contributed by atoms with Crippen molar-refractivity contribution in [1.82, 2.24) is 20.4 Å². The molecular weight excluding hydrogens is 535 g/mol. The summed E-state index contributed by atoms with van der Waals surface area (Å²) in [5, 5.41) is 66.3. The minimum Gasteiger partial charge on any atom is -0.505 e. The SMILES string of the molecule is C=C(O)/C(O)=C1/C(=O)N(C2CCC(=O)NC2=O)C/C1=C(/O)NCc1c(O)c(O)c(O)c(CN2CCOCC2)c1F. The van der Waals surface area contributed by atoms with E-state index in [2.05, 4.69) is 17.2 Å². The van der Waals surface area contributed by atoms with Crippen molar-refractivity contribution in [1.29, 1.82) is 0 Å². The molecule has 1 aromatic carbocycles. The highest BCUT2D eigenvalue weighted by Gasteiger charge is 2.44. The number of benzene rings is 1. The fourth-order valence-electron chi connectivity index (χ4n) is 4.76. The third kappa shape index (κ3) is 5.33. The molecule has 3 saturated heterocycles. The van der Waals surface area contributed by atoms with Gasteiger partial charge in [0.25, 0.3) is 5.91 Å². The summed E-state index contributed by atoms with van der Waals surface area (Å²) < 4.78 is 20.7. The van der Waals surface area contributed by atoms with E-state index in [9.17, 15) is 45.0 Å². The zero-order chi connectivity index (χ0) is 29.3. The summed E-state index contributed by atoms with van der Waals surface area (Å²) in [6.07, 6.45) is -0.0827. The van der Waals surface area contributed by atoms with E-state index in [1.807, 2.05) is 0 Å². The molecule has 1 atom stereocenters. The molecule has 8 N–H and O–H groups in total. The van der Waals surface area contributed by atoms with Gasteiger partial charge in [-0.15, -0.1) is 0 Å². The number of aromatic hydroxyl groups is 3. The minimum absolute atomic E-state index is 0.0240. The average molecular weight is 565 g/mol. The van der Waals surface area contributed by atoms with Crippen molar-refractivity contribution >= 4 is 17.7 Å². The van der Waals surface area contributed by atoms with E-state index in [4.69, 9.17) is 4.74 Å². The molecule has 40 heavy (non-hydrogen) atoms. The van der Waals surface area contributed by atoms with Gasteiger partial charge >= 0.3 is 0 Å². The van der Waals surface area contributed by atoms with Gasteiger partial charge in [0.1, 0.15) is 11.9 Å². The van der Waals surface area contributed by atoms with Crippen LogP contribution in [0.1, 0.15) is 24.0 Å². The van der Waals surface area contributed by atoms with Crippen LogP contribution in [0, 0.1) is 5.82 Å². The fraction of sp³-hybridized carbons (Fsp3) is 0.400. The first kappa shape index (κ1) is 28.5. The Bertz CT molecular complexity index is 1340. The van der Waals surface area contributed by atoms with Crippen LogP contribution in [0.5, 0.6) is 17.2 Å². The number of nitrogens with one attached hydrogen (secondary N) is 2. The third-order valence-corrected chi connectivity index (χ3v) is 6.96. The Morgan fingerprint density at radius 2 is 1.70 bits per heavy atom. The van der Waals surface area contributed by atoms with Crippen LogP contribution in [-0.4, -0.2) is 97.1 Å². The molecule has 1 aromatic rings. The van der Waals surface area contributed by atoms with E-state index < -0.39 is 88.5 Å². The maximum Gasteiger partial charge on any atom is 0.259 e. The van der Waals surface area contributed by atoms with Gasteiger partial charge < -0.3 is 45.6 Å². The lowest BCUT2D eigenvalue weighted by Crippen LogP contribution is -2.53. The molecule has 3 aliphatic rings. The number of ether oxygens (including phenoxy) is 1. The lowest BCUT2D eigenvalue weighted by atomic mass is 10.0. The highest BCUT2D eigenvalue weighted by Crippen LogP contribution is 2.43. The molecule has 3 aliphatic heterocycles. The van der Waals surface area contributed by atoms with E-state index >= 15 is 4.39 Å². The smallest absolute Gasteiger partial charge is 0.259 e. The molecule has 0 bridgehead atoms. The summed E-state index contributed by atoms with van der Waals surface area (Å²) >= 11 is 0.